The summed E-state index contributed by atoms with van der Waals surface area (Å²) in [6.45, 7) is 2.61. The molecule has 0 bridgehead atoms. The van der Waals surface area contributed by atoms with Gasteiger partial charge in [0.15, 0.2) is 0 Å². The predicted octanol–water partition coefficient (Wildman–Crippen LogP) is 2.06. The third kappa shape index (κ3) is 3.08. The van der Waals surface area contributed by atoms with Gasteiger partial charge in [0.05, 0.1) is 16.6 Å². The van der Waals surface area contributed by atoms with Crippen LogP contribution in [0.25, 0.3) is 11.1 Å². The van der Waals surface area contributed by atoms with Crippen molar-refractivity contribution in [2.24, 2.45) is 11.7 Å². The Hall–Kier alpha value is -1.66. The van der Waals surface area contributed by atoms with E-state index < -0.39 is 0 Å². The molecule has 2 aromatic rings. The number of hydrogen-bond acceptors (Lipinski definition) is 5. The molecule has 2 atom stereocenters. The van der Waals surface area contributed by atoms with E-state index in [0.29, 0.717) is 23.7 Å². The number of aryl methyl sites for hydroxylation is 1. The number of hydrogen-bond donors (Lipinski definition) is 2. The van der Waals surface area contributed by atoms with Crippen molar-refractivity contribution in [1.29, 1.82) is 0 Å². The minimum absolute atomic E-state index is 0. The minimum atomic E-state index is -0.0991. The predicted molar refractivity (Wildman–Crippen MR) is 86.1 cm³/mol. The van der Waals surface area contributed by atoms with E-state index in [1.807, 2.05) is 6.92 Å². The van der Waals surface area contributed by atoms with E-state index in [1.54, 1.807) is 6.07 Å². The van der Waals surface area contributed by atoms with Crippen LogP contribution in [0.3, 0.4) is 0 Å². The lowest BCUT2D eigenvalue weighted by Gasteiger charge is -2.19. The van der Waals surface area contributed by atoms with Crippen molar-refractivity contribution < 1.29 is 9.32 Å². The number of nitrogens with two attached hydrogens (primary N) is 1. The smallest absolute Gasteiger partial charge is 0.257 e. The molecule has 0 aromatic carbocycles. The average Bonchev–Trinajstić information content (AvgIpc) is 3.12. The monoisotopic (exact) mass is 324 g/mol. The Kier molecular flexibility index (Phi) is 5.37. The Morgan fingerprint density at radius 1 is 1.50 bits per heavy atom. The quantitative estimate of drug-likeness (QED) is 0.897. The molecule has 120 valence electrons. The van der Waals surface area contributed by atoms with Crippen molar-refractivity contribution in [3.05, 3.63) is 23.5 Å². The molecule has 6 nitrogen and oxygen atoms in total. The normalized spacial score (nSPS) is 20.8. The van der Waals surface area contributed by atoms with Crippen LogP contribution in [-0.4, -0.2) is 28.6 Å². The molecule has 22 heavy (non-hydrogen) atoms. The number of nitrogens with zero attached hydrogens (tertiary/aromatic N) is 2. The number of aromatic nitrogens is 2. The fourth-order valence-corrected chi connectivity index (χ4v) is 3.02. The number of nitrogens with one attached hydrogen (secondary N) is 1. The van der Waals surface area contributed by atoms with Gasteiger partial charge < -0.3 is 15.6 Å². The molecule has 3 rings (SSSR count). The molecule has 1 amide bonds. The van der Waals surface area contributed by atoms with Crippen LogP contribution in [0.1, 0.15) is 42.2 Å². The van der Waals surface area contributed by atoms with Gasteiger partial charge in [0, 0.05) is 12.2 Å². The van der Waals surface area contributed by atoms with Gasteiger partial charge in [0.25, 0.3) is 11.6 Å². The molecule has 1 saturated carbocycles. The first-order valence-electron chi connectivity index (χ1n) is 7.48. The van der Waals surface area contributed by atoms with Gasteiger partial charge in [-0.1, -0.05) is 18.5 Å². The Morgan fingerprint density at radius 3 is 3.05 bits per heavy atom. The summed E-state index contributed by atoms with van der Waals surface area (Å²) in [6, 6.07) is 1.98. The number of amides is 1. The molecule has 2 aromatic heterocycles. The second-order valence-electron chi connectivity index (χ2n) is 5.57. The first kappa shape index (κ1) is 16.7. The largest absolute Gasteiger partial charge is 0.349 e. The molecule has 1 aliphatic rings. The number of carbonyl (C=O) groups is 1. The lowest BCUT2D eigenvalue weighted by atomic mass is 10.0. The molecule has 0 spiro atoms. The summed E-state index contributed by atoms with van der Waals surface area (Å²) < 4.78 is 5.13. The van der Waals surface area contributed by atoms with E-state index in [2.05, 4.69) is 15.5 Å². The third-order valence-corrected chi connectivity index (χ3v) is 4.28. The molecule has 0 aliphatic heterocycles. The third-order valence-electron chi connectivity index (χ3n) is 4.28. The van der Waals surface area contributed by atoms with Crippen LogP contribution in [0.5, 0.6) is 0 Å². The van der Waals surface area contributed by atoms with Gasteiger partial charge in [-0.2, -0.15) is 0 Å². The highest BCUT2D eigenvalue weighted by Crippen LogP contribution is 2.25. The standard InChI is InChI=1S/C15H20N4O2.ClH/c1-2-12-11-6-10(8-17-15(11)21-19-12)14(20)18-13-5-3-4-9(13)7-16;/h6,8-9,13H,2-5,7,16H2,1H3,(H,18,20);1H. The summed E-state index contributed by atoms with van der Waals surface area (Å²) in [5.74, 6) is 0.283. The van der Waals surface area contributed by atoms with Gasteiger partial charge >= 0.3 is 0 Å². The van der Waals surface area contributed by atoms with E-state index in [0.717, 1.165) is 36.8 Å². The van der Waals surface area contributed by atoms with Crippen molar-refractivity contribution in [3.8, 4) is 0 Å². The van der Waals surface area contributed by atoms with Crippen LogP contribution >= 0.6 is 12.4 Å². The fourth-order valence-electron chi connectivity index (χ4n) is 3.02. The molecule has 1 aliphatic carbocycles. The summed E-state index contributed by atoms with van der Waals surface area (Å²) >= 11 is 0. The van der Waals surface area contributed by atoms with E-state index in [4.69, 9.17) is 10.3 Å². The maximum Gasteiger partial charge on any atom is 0.257 e. The van der Waals surface area contributed by atoms with Crippen LogP contribution in [0.2, 0.25) is 0 Å². The molecule has 0 radical (unpaired) electrons. The Morgan fingerprint density at radius 2 is 2.32 bits per heavy atom. The molecule has 3 N–H and O–H groups in total. The van der Waals surface area contributed by atoms with Gasteiger partial charge in [-0.15, -0.1) is 12.4 Å². The van der Waals surface area contributed by atoms with E-state index in [9.17, 15) is 4.79 Å². The highest BCUT2D eigenvalue weighted by atomic mass is 35.5. The topological polar surface area (TPSA) is 94.0 Å². The maximum absolute atomic E-state index is 12.4. The average molecular weight is 325 g/mol. The number of pyridine rings is 1. The minimum Gasteiger partial charge on any atom is -0.349 e. The summed E-state index contributed by atoms with van der Waals surface area (Å²) in [5.41, 5.74) is 7.60. The zero-order valence-corrected chi connectivity index (χ0v) is 13.4. The number of carbonyl (C=O) groups excluding carboxylic acids is 1. The van der Waals surface area contributed by atoms with Crippen molar-refractivity contribution in [1.82, 2.24) is 15.5 Å². The summed E-state index contributed by atoms with van der Waals surface area (Å²) in [6.07, 6.45) is 5.49. The van der Waals surface area contributed by atoms with Crippen molar-refractivity contribution >= 4 is 29.4 Å². The fraction of sp³-hybridized carbons (Fsp3) is 0.533. The Labute approximate surface area is 135 Å². The van der Waals surface area contributed by atoms with Crippen LogP contribution in [0, 0.1) is 5.92 Å². The number of rotatable bonds is 4. The van der Waals surface area contributed by atoms with Crippen LogP contribution in [-0.2, 0) is 6.42 Å². The molecular formula is C15H21ClN4O2. The highest BCUT2D eigenvalue weighted by molar-refractivity contribution is 5.97. The summed E-state index contributed by atoms with van der Waals surface area (Å²) in [4.78, 5) is 16.6. The van der Waals surface area contributed by atoms with E-state index >= 15 is 0 Å². The molecule has 1 fully saturated rings. The second-order valence-corrected chi connectivity index (χ2v) is 5.57. The van der Waals surface area contributed by atoms with Crippen LogP contribution < -0.4 is 11.1 Å². The lowest BCUT2D eigenvalue weighted by Crippen LogP contribution is -2.39. The van der Waals surface area contributed by atoms with Crippen LogP contribution in [0.4, 0.5) is 0 Å². The van der Waals surface area contributed by atoms with Gasteiger partial charge in [-0.05, 0) is 37.8 Å². The SMILES string of the molecule is CCc1noc2ncc(C(=O)NC3CCCC3CN)cc12.Cl. The van der Waals surface area contributed by atoms with Gasteiger partial charge in [0.1, 0.15) is 0 Å². The first-order chi connectivity index (χ1) is 10.2. The maximum atomic E-state index is 12.4. The summed E-state index contributed by atoms with van der Waals surface area (Å²) in [7, 11) is 0. The molecule has 0 saturated heterocycles. The lowest BCUT2D eigenvalue weighted by molar-refractivity contribution is 0.0928. The Balaban J connectivity index is 0.00000176. The van der Waals surface area contributed by atoms with E-state index in [1.165, 1.54) is 6.20 Å². The van der Waals surface area contributed by atoms with Crippen molar-refractivity contribution in [2.45, 2.75) is 38.6 Å². The van der Waals surface area contributed by atoms with E-state index in [-0.39, 0.29) is 24.4 Å². The Bertz CT molecular complexity index is 658. The number of halogens is 1. The van der Waals surface area contributed by atoms with Crippen molar-refractivity contribution in [2.75, 3.05) is 6.54 Å². The first-order valence-corrected chi connectivity index (χ1v) is 7.48. The second kappa shape index (κ2) is 7.07. The van der Waals surface area contributed by atoms with Crippen LogP contribution in [0.15, 0.2) is 16.8 Å². The summed E-state index contributed by atoms with van der Waals surface area (Å²) in [5, 5.41) is 7.85. The van der Waals surface area contributed by atoms with Gasteiger partial charge in [-0.3, -0.25) is 4.79 Å². The van der Waals surface area contributed by atoms with Gasteiger partial charge in [-0.25, -0.2) is 4.98 Å². The zero-order valence-electron chi connectivity index (χ0n) is 12.5. The molecule has 7 heteroatoms. The zero-order chi connectivity index (χ0) is 14.8. The molecular weight excluding hydrogens is 304 g/mol. The highest BCUT2D eigenvalue weighted by Gasteiger charge is 2.27. The molecule has 2 heterocycles. The van der Waals surface area contributed by atoms with Gasteiger partial charge in [0.2, 0.25) is 0 Å². The molecule has 2 unspecified atom stereocenters. The number of fused-ring (bicyclic) bond motifs is 1. The van der Waals surface area contributed by atoms with Crippen molar-refractivity contribution in [3.63, 3.8) is 0 Å².